The average molecular weight is 273 g/mol. The zero-order valence-electron chi connectivity index (χ0n) is 11.8. The Kier molecular flexibility index (Phi) is 3.74. The number of nitrogens with one attached hydrogen (secondary N) is 1. The molecular weight excluding hydrogens is 254 g/mol. The van der Waals surface area contributed by atoms with E-state index >= 15 is 0 Å². The summed E-state index contributed by atoms with van der Waals surface area (Å²) < 4.78 is 0. The summed E-state index contributed by atoms with van der Waals surface area (Å²) in [6.07, 6.45) is 0. The molecule has 0 aromatic heterocycles. The molecule has 0 aliphatic rings. The Hall–Kier alpha value is -2.36. The van der Waals surface area contributed by atoms with Crippen LogP contribution in [0.2, 0.25) is 0 Å². The molecule has 0 aliphatic heterocycles. The summed E-state index contributed by atoms with van der Waals surface area (Å²) in [4.78, 5) is 0. The van der Waals surface area contributed by atoms with E-state index in [1.54, 1.807) is 6.07 Å². The predicted octanol–water partition coefficient (Wildman–Crippen LogP) is 3.59. The van der Waals surface area contributed by atoms with Crippen LogP contribution in [0.3, 0.4) is 0 Å². The highest BCUT2D eigenvalue weighted by Gasteiger charge is 2.13. The summed E-state index contributed by atoms with van der Waals surface area (Å²) in [7, 11) is 0. The zero-order valence-corrected chi connectivity index (χ0v) is 11.8. The van der Waals surface area contributed by atoms with Crippen molar-refractivity contribution in [2.45, 2.75) is 26.8 Å². The summed E-state index contributed by atoms with van der Waals surface area (Å²) in [6.45, 7) is 5.60. The van der Waals surface area contributed by atoms with Gasteiger partial charge in [-0.3, -0.25) is 0 Å². The Balaban J connectivity index is 2.28. The first-order valence-electron chi connectivity index (χ1n) is 6.47. The second-order valence-electron chi connectivity index (χ2n) is 5.01. The van der Waals surface area contributed by atoms with Crippen LogP contribution in [0, 0.1) is 13.8 Å². The first-order valence-corrected chi connectivity index (χ1v) is 6.47. The van der Waals surface area contributed by atoms with E-state index < -0.39 is 0 Å². The van der Waals surface area contributed by atoms with E-state index in [0.29, 0.717) is 5.56 Å². The van der Waals surface area contributed by atoms with Crippen molar-refractivity contribution in [2.24, 2.45) is 0 Å². The van der Waals surface area contributed by atoms with Crippen LogP contribution in [0.25, 0.3) is 0 Å². The maximum Gasteiger partial charge on any atom is 0.124 e. The number of aryl methyl sites for hydroxylation is 1. The molecule has 4 nitrogen and oxygen atoms in total. The van der Waals surface area contributed by atoms with Gasteiger partial charge < -0.3 is 20.6 Å². The number of anilines is 1. The smallest absolute Gasteiger partial charge is 0.124 e. The molecule has 2 aromatic carbocycles. The minimum Gasteiger partial charge on any atom is -0.508 e. The molecule has 0 radical (unpaired) electrons. The molecular formula is C16H19NO3. The molecule has 4 N–H and O–H groups in total. The van der Waals surface area contributed by atoms with E-state index in [2.05, 4.69) is 5.32 Å². The number of phenolic OH excluding ortho intramolecular Hbond substituents is 3. The van der Waals surface area contributed by atoms with Crippen molar-refractivity contribution in [3.8, 4) is 17.2 Å². The summed E-state index contributed by atoms with van der Waals surface area (Å²) in [5.41, 5.74) is 3.10. The summed E-state index contributed by atoms with van der Waals surface area (Å²) in [6, 6.07) is 8.11. The first kappa shape index (κ1) is 14.1. The fraction of sp³-hybridized carbons (Fsp3) is 0.250. The first-order chi connectivity index (χ1) is 9.40. The van der Waals surface area contributed by atoms with E-state index in [-0.39, 0.29) is 23.3 Å². The molecule has 2 aromatic rings. The Morgan fingerprint density at radius 2 is 1.70 bits per heavy atom. The van der Waals surface area contributed by atoms with Gasteiger partial charge in [0.15, 0.2) is 0 Å². The zero-order chi connectivity index (χ0) is 14.9. The average Bonchev–Trinajstić information content (AvgIpc) is 2.39. The molecule has 20 heavy (non-hydrogen) atoms. The maximum atomic E-state index is 9.94. The van der Waals surface area contributed by atoms with Crippen molar-refractivity contribution in [1.82, 2.24) is 0 Å². The summed E-state index contributed by atoms with van der Waals surface area (Å²) in [5, 5.41) is 32.4. The van der Waals surface area contributed by atoms with Crippen molar-refractivity contribution in [3.05, 3.63) is 47.0 Å². The molecule has 106 valence electrons. The van der Waals surface area contributed by atoms with Crippen molar-refractivity contribution < 1.29 is 15.3 Å². The van der Waals surface area contributed by atoms with E-state index in [4.69, 9.17) is 0 Å². The lowest BCUT2D eigenvalue weighted by Crippen LogP contribution is -2.08. The van der Waals surface area contributed by atoms with Crippen LogP contribution >= 0.6 is 0 Å². The summed E-state index contributed by atoms with van der Waals surface area (Å²) >= 11 is 0. The monoisotopic (exact) mass is 273 g/mol. The highest BCUT2D eigenvalue weighted by Crippen LogP contribution is 2.33. The Bertz CT molecular complexity index is 638. The van der Waals surface area contributed by atoms with E-state index in [0.717, 1.165) is 16.8 Å². The number of benzene rings is 2. The lowest BCUT2D eigenvalue weighted by atomic mass is 10.0. The van der Waals surface area contributed by atoms with Crippen LogP contribution in [0.4, 0.5) is 5.69 Å². The van der Waals surface area contributed by atoms with Gasteiger partial charge in [-0.05, 0) is 44.5 Å². The third-order valence-electron chi connectivity index (χ3n) is 3.49. The van der Waals surface area contributed by atoms with Gasteiger partial charge in [0.1, 0.15) is 17.2 Å². The second kappa shape index (κ2) is 5.33. The van der Waals surface area contributed by atoms with Crippen LogP contribution in [-0.4, -0.2) is 15.3 Å². The lowest BCUT2D eigenvalue weighted by molar-refractivity contribution is 0.444. The van der Waals surface area contributed by atoms with Crippen molar-refractivity contribution in [3.63, 3.8) is 0 Å². The van der Waals surface area contributed by atoms with Crippen LogP contribution < -0.4 is 5.32 Å². The van der Waals surface area contributed by atoms with Gasteiger partial charge in [0.2, 0.25) is 0 Å². The van der Waals surface area contributed by atoms with Gasteiger partial charge in [0.05, 0.1) is 6.04 Å². The predicted molar refractivity (Wildman–Crippen MR) is 79.4 cm³/mol. The molecule has 0 aliphatic carbocycles. The molecule has 0 amide bonds. The topological polar surface area (TPSA) is 72.7 Å². The number of rotatable bonds is 3. The Morgan fingerprint density at radius 3 is 2.35 bits per heavy atom. The normalized spacial score (nSPS) is 12.2. The van der Waals surface area contributed by atoms with Gasteiger partial charge in [-0.1, -0.05) is 6.07 Å². The van der Waals surface area contributed by atoms with Gasteiger partial charge in [0, 0.05) is 22.9 Å². The van der Waals surface area contributed by atoms with Gasteiger partial charge >= 0.3 is 0 Å². The molecule has 0 saturated carbocycles. The fourth-order valence-electron chi connectivity index (χ4n) is 2.20. The SMILES string of the molecule is Cc1ccc(NC(C)c2ccc(O)cc2O)c(C)c1O. The van der Waals surface area contributed by atoms with E-state index in [1.807, 2.05) is 32.9 Å². The Labute approximate surface area is 118 Å². The largest absolute Gasteiger partial charge is 0.508 e. The van der Waals surface area contributed by atoms with Crippen molar-refractivity contribution in [1.29, 1.82) is 0 Å². The van der Waals surface area contributed by atoms with E-state index in [1.165, 1.54) is 12.1 Å². The highest BCUT2D eigenvalue weighted by atomic mass is 16.3. The van der Waals surface area contributed by atoms with E-state index in [9.17, 15) is 15.3 Å². The lowest BCUT2D eigenvalue weighted by Gasteiger charge is -2.19. The second-order valence-corrected chi connectivity index (χ2v) is 5.01. The minimum absolute atomic E-state index is 0.0302. The third kappa shape index (κ3) is 2.64. The molecule has 4 heteroatoms. The minimum atomic E-state index is -0.156. The molecule has 0 saturated heterocycles. The van der Waals surface area contributed by atoms with Crippen LogP contribution in [0.15, 0.2) is 30.3 Å². The number of phenols is 3. The molecule has 0 fully saturated rings. The summed E-state index contributed by atoms with van der Waals surface area (Å²) in [5.74, 6) is 0.346. The number of hydrogen-bond acceptors (Lipinski definition) is 4. The van der Waals surface area contributed by atoms with Gasteiger partial charge in [-0.2, -0.15) is 0 Å². The molecule has 1 atom stereocenters. The molecule has 1 unspecified atom stereocenters. The fourth-order valence-corrected chi connectivity index (χ4v) is 2.20. The van der Waals surface area contributed by atoms with Crippen LogP contribution in [0.5, 0.6) is 17.2 Å². The molecule has 2 rings (SSSR count). The third-order valence-corrected chi connectivity index (χ3v) is 3.49. The van der Waals surface area contributed by atoms with Crippen molar-refractivity contribution >= 4 is 5.69 Å². The van der Waals surface area contributed by atoms with Crippen LogP contribution in [0.1, 0.15) is 29.7 Å². The van der Waals surface area contributed by atoms with Gasteiger partial charge in [0.25, 0.3) is 0 Å². The number of hydrogen-bond donors (Lipinski definition) is 4. The number of aromatic hydroxyl groups is 3. The quantitative estimate of drug-likeness (QED) is 0.689. The maximum absolute atomic E-state index is 9.94. The molecule has 0 bridgehead atoms. The van der Waals surface area contributed by atoms with Gasteiger partial charge in [-0.15, -0.1) is 0 Å². The standard InChI is InChI=1S/C16H19NO3/c1-9-4-7-14(10(2)16(9)20)17-11(3)13-6-5-12(18)8-15(13)19/h4-8,11,17-20H,1-3H3. The van der Waals surface area contributed by atoms with Crippen molar-refractivity contribution in [2.75, 3.05) is 5.32 Å². The highest BCUT2D eigenvalue weighted by molar-refractivity contribution is 5.60. The van der Waals surface area contributed by atoms with Crippen LogP contribution in [-0.2, 0) is 0 Å². The van der Waals surface area contributed by atoms with Gasteiger partial charge in [-0.25, -0.2) is 0 Å². The molecule has 0 spiro atoms. The molecule has 0 heterocycles. The Morgan fingerprint density at radius 1 is 1.00 bits per heavy atom.